The van der Waals surface area contributed by atoms with Crippen LogP contribution in [0.25, 0.3) is 0 Å². The molecule has 0 bridgehead atoms. The Morgan fingerprint density at radius 2 is 2.21 bits per heavy atom. The van der Waals surface area contributed by atoms with Gasteiger partial charge in [0.25, 0.3) is 0 Å². The molecule has 5 nitrogen and oxygen atoms in total. The number of nitrogens with zero attached hydrogens (tertiary/aromatic N) is 4. The van der Waals surface area contributed by atoms with E-state index in [1.807, 2.05) is 21.8 Å². The summed E-state index contributed by atoms with van der Waals surface area (Å²) in [5.74, 6) is 0. The summed E-state index contributed by atoms with van der Waals surface area (Å²) in [7, 11) is 0. The minimum absolute atomic E-state index is 0.405. The summed E-state index contributed by atoms with van der Waals surface area (Å²) < 4.78 is 4.02. The molecule has 0 atom stereocenters. The molecule has 19 heavy (non-hydrogen) atoms. The van der Waals surface area contributed by atoms with Gasteiger partial charge >= 0.3 is 0 Å². The molecule has 0 amide bonds. The van der Waals surface area contributed by atoms with Gasteiger partial charge in [0.05, 0.1) is 17.9 Å². The molecular formula is C14H21N5. The summed E-state index contributed by atoms with van der Waals surface area (Å²) in [6.45, 7) is 5.91. The van der Waals surface area contributed by atoms with Gasteiger partial charge in [0.15, 0.2) is 0 Å². The van der Waals surface area contributed by atoms with Crippen molar-refractivity contribution in [3.05, 3.63) is 35.9 Å². The highest BCUT2D eigenvalue weighted by molar-refractivity contribution is 5.06. The normalized spacial score (nSPS) is 15.3. The lowest BCUT2D eigenvalue weighted by molar-refractivity contribution is 0.517. The van der Waals surface area contributed by atoms with Gasteiger partial charge in [-0.15, -0.1) is 0 Å². The Labute approximate surface area is 113 Å². The van der Waals surface area contributed by atoms with Gasteiger partial charge in [-0.2, -0.15) is 10.2 Å². The largest absolute Gasteiger partial charge is 0.308 e. The number of rotatable bonds is 6. The van der Waals surface area contributed by atoms with Crippen molar-refractivity contribution in [3.8, 4) is 0 Å². The van der Waals surface area contributed by atoms with Crippen LogP contribution in [0, 0.1) is 0 Å². The van der Waals surface area contributed by atoms with Gasteiger partial charge in [0, 0.05) is 31.0 Å². The minimum Gasteiger partial charge on any atom is -0.308 e. The molecule has 1 aliphatic carbocycles. The van der Waals surface area contributed by atoms with Gasteiger partial charge < -0.3 is 5.32 Å². The van der Waals surface area contributed by atoms with Crippen LogP contribution in [0.4, 0.5) is 0 Å². The maximum atomic E-state index is 4.57. The van der Waals surface area contributed by atoms with Gasteiger partial charge in [0.2, 0.25) is 0 Å². The Kier molecular flexibility index (Phi) is 3.38. The molecule has 1 saturated carbocycles. The van der Waals surface area contributed by atoms with Crippen LogP contribution in [-0.4, -0.2) is 25.6 Å². The predicted molar refractivity (Wildman–Crippen MR) is 73.8 cm³/mol. The van der Waals surface area contributed by atoms with Crippen molar-refractivity contribution in [2.45, 2.75) is 51.9 Å². The second kappa shape index (κ2) is 5.17. The third kappa shape index (κ3) is 3.04. The lowest BCUT2D eigenvalue weighted by Crippen LogP contribution is -2.19. The fraction of sp³-hybridized carbons (Fsp3) is 0.571. The van der Waals surface area contributed by atoms with E-state index in [0.29, 0.717) is 6.04 Å². The van der Waals surface area contributed by atoms with Crippen LogP contribution in [0.2, 0.25) is 0 Å². The maximum Gasteiger partial charge on any atom is 0.0853 e. The number of nitrogens with one attached hydrogen (secondary N) is 1. The highest BCUT2D eigenvalue weighted by Gasteiger charge is 2.20. The molecule has 0 aliphatic heterocycles. The molecule has 1 fully saturated rings. The van der Waals surface area contributed by atoms with Crippen LogP contribution >= 0.6 is 0 Å². The second-order valence-electron chi connectivity index (χ2n) is 5.52. The second-order valence-corrected chi connectivity index (χ2v) is 5.52. The summed E-state index contributed by atoms with van der Waals surface area (Å²) in [4.78, 5) is 0. The van der Waals surface area contributed by atoms with Crippen molar-refractivity contribution in [3.63, 3.8) is 0 Å². The molecule has 0 saturated heterocycles. The van der Waals surface area contributed by atoms with E-state index in [0.717, 1.165) is 24.8 Å². The Balaban J connectivity index is 1.65. The monoisotopic (exact) mass is 259 g/mol. The van der Waals surface area contributed by atoms with E-state index in [2.05, 4.69) is 41.5 Å². The Bertz CT molecular complexity index is 536. The van der Waals surface area contributed by atoms with Crippen LogP contribution in [-0.2, 0) is 13.1 Å². The average Bonchev–Trinajstić information content (AvgIpc) is 2.92. The first-order chi connectivity index (χ1) is 9.22. The standard InChI is InChI=1S/C14H21N5/c1-11(2)18-8-6-13(17-18)10-19-14(5-7-16-19)9-15-12-3-4-12/h5-8,11-12,15H,3-4,9-10H2,1-2H3. The minimum atomic E-state index is 0.405. The molecule has 0 unspecified atom stereocenters. The van der Waals surface area contributed by atoms with Gasteiger partial charge in [0.1, 0.15) is 0 Å². The molecule has 5 heteroatoms. The van der Waals surface area contributed by atoms with Gasteiger partial charge in [-0.1, -0.05) is 0 Å². The van der Waals surface area contributed by atoms with E-state index in [1.54, 1.807) is 0 Å². The first-order valence-electron chi connectivity index (χ1n) is 7.00. The fourth-order valence-electron chi connectivity index (χ4n) is 2.09. The van der Waals surface area contributed by atoms with Crippen LogP contribution < -0.4 is 5.32 Å². The molecule has 2 aromatic heterocycles. The van der Waals surface area contributed by atoms with Crippen LogP contribution in [0.5, 0.6) is 0 Å². The lowest BCUT2D eigenvalue weighted by atomic mass is 10.4. The summed E-state index contributed by atoms with van der Waals surface area (Å²) in [5, 5.41) is 12.5. The predicted octanol–water partition coefficient (Wildman–Crippen LogP) is 1.96. The zero-order valence-corrected chi connectivity index (χ0v) is 11.6. The molecule has 2 aromatic rings. The molecular weight excluding hydrogens is 238 g/mol. The molecule has 0 radical (unpaired) electrons. The molecule has 1 N–H and O–H groups in total. The summed E-state index contributed by atoms with van der Waals surface area (Å²) >= 11 is 0. The Morgan fingerprint density at radius 3 is 2.89 bits per heavy atom. The Hall–Kier alpha value is -1.62. The maximum absolute atomic E-state index is 4.57. The van der Waals surface area contributed by atoms with E-state index < -0.39 is 0 Å². The molecule has 3 rings (SSSR count). The average molecular weight is 259 g/mol. The van der Waals surface area contributed by atoms with E-state index in [-0.39, 0.29) is 0 Å². The first-order valence-corrected chi connectivity index (χ1v) is 7.00. The molecule has 0 spiro atoms. The van der Waals surface area contributed by atoms with Crippen molar-refractivity contribution in [1.29, 1.82) is 0 Å². The van der Waals surface area contributed by atoms with Crippen LogP contribution in [0.3, 0.4) is 0 Å². The topological polar surface area (TPSA) is 47.7 Å². The third-order valence-corrected chi connectivity index (χ3v) is 3.46. The van der Waals surface area contributed by atoms with E-state index in [1.165, 1.54) is 18.5 Å². The Morgan fingerprint density at radius 1 is 1.37 bits per heavy atom. The smallest absolute Gasteiger partial charge is 0.0853 e. The fourth-order valence-corrected chi connectivity index (χ4v) is 2.09. The number of hydrogen-bond acceptors (Lipinski definition) is 3. The number of hydrogen-bond donors (Lipinski definition) is 1. The molecule has 1 aliphatic rings. The summed E-state index contributed by atoms with van der Waals surface area (Å²) in [5.41, 5.74) is 2.29. The third-order valence-electron chi connectivity index (χ3n) is 3.46. The summed E-state index contributed by atoms with van der Waals surface area (Å²) in [6.07, 6.45) is 6.52. The van der Waals surface area contributed by atoms with Gasteiger partial charge in [-0.05, 0) is 38.8 Å². The van der Waals surface area contributed by atoms with Crippen molar-refractivity contribution in [1.82, 2.24) is 24.9 Å². The quantitative estimate of drug-likeness (QED) is 0.862. The zero-order valence-electron chi connectivity index (χ0n) is 11.6. The zero-order chi connectivity index (χ0) is 13.2. The first kappa shape index (κ1) is 12.4. The number of aromatic nitrogens is 4. The highest BCUT2D eigenvalue weighted by atomic mass is 15.3. The van der Waals surface area contributed by atoms with E-state index in [4.69, 9.17) is 0 Å². The molecule has 102 valence electrons. The molecule has 2 heterocycles. The van der Waals surface area contributed by atoms with Crippen molar-refractivity contribution < 1.29 is 0 Å². The summed E-state index contributed by atoms with van der Waals surface area (Å²) in [6, 6.07) is 5.28. The SMILES string of the molecule is CC(C)n1ccc(Cn2nccc2CNC2CC2)n1. The van der Waals surface area contributed by atoms with Gasteiger partial charge in [-0.25, -0.2) is 0 Å². The van der Waals surface area contributed by atoms with Crippen LogP contribution in [0.1, 0.15) is 44.1 Å². The van der Waals surface area contributed by atoms with Crippen LogP contribution in [0.15, 0.2) is 24.5 Å². The molecule has 0 aromatic carbocycles. The van der Waals surface area contributed by atoms with Gasteiger partial charge in [-0.3, -0.25) is 9.36 Å². The van der Waals surface area contributed by atoms with E-state index >= 15 is 0 Å². The highest BCUT2D eigenvalue weighted by Crippen LogP contribution is 2.19. The van der Waals surface area contributed by atoms with E-state index in [9.17, 15) is 0 Å². The lowest BCUT2D eigenvalue weighted by Gasteiger charge is -2.07. The van der Waals surface area contributed by atoms with Crippen molar-refractivity contribution in [2.24, 2.45) is 0 Å². The van der Waals surface area contributed by atoms with Crippen molar-refractivity contribution >= 4 is 0 Å². The van der Waals surface area contributed by atoms with Crippen molar-refractivity contribution in [2.75, 3.05) is 0 Å².